The van der Waals surface area contributed by atoms with Gasteiger partial charge >= 0.3 is 0 Å². The molecular weight excluding hydrogens is 307 g/mol. The number of rotatable bonds is 3. The first-order chi connectivity index (χ1) is 11.7. The number of aliphatic imine (C=N–C) groups is 1. The summed E-state index contributed by atoms with van der Waals surface area (Å²) in [5.74, 6) is -0.135. The van der Waals surface area contributed by atoms with Crippen LogP contribution in [0, 0.1) is 11.5 Å². The SMILES string of the molecule is CN1CCC(NC2C(F)=CN=C(Nc3ccccc3)N2C#N)CC1. The number of benzene rings is 1. The number of nitrogens with zero attached hydrogens (tertiary/aromatic N) is 4. The molecule has 1 atom stereocenters. The van der Waals surface area contributed by atoms with E-state index in [0.29, 0.717) is 5.96 Å². The normalized spacial score (nSPS) is 22.5. The van der Waals surface area contributed by atoms with Gasteiger partial charge in [-0.05, 0) is 45.1 Å². The second kappa shape index (κ2) is 7.43. The summed E-state index contributed by atoms with van der Waals surface area (Å²) in [6, 6.07) is 9.58. The van der Waals surface area contributed by atoms with E-state index in [0.717, 1.165) is 31.6 Å². The van der Waals surface area contributed by atoms with Gasteiger partial charge in [0.1, 0.15) is 0 Å². The second-order valence-corrected chi connectivity index (χ2v) is 6.07. The minimum Gasteiger partial charge on any atom is -0.325 e. The predicted molar refractivity (Wildman–Crippen MR) is 91.6 cm³/mol. The lowest BCUT2D eigenvalue weighted by Gasteiger charge is -2.36. The number of piperidine rings is 1. The van der Waals surface area contributed by atoms with Crippen molar-refractivity contribution >= 4 is 11.6 Å². The Morgan fingerprint density at radius 3 is 2.62 bits per heavy atom. The minimum absolute atomic E-state index is 0.178. The molecule has 2 heterocycles. The van der Waals surface area contributed by atoms with Crippen molar-refractivity contribution in [2.75, 3.05) is 25.5 Å². The summed E-state index contributed by atoms with van der Waals surface area (Å²) in [5, 5.41) is 15.8. The highest BCUT2D eigenvalue weighted by atomic mass is 19.1. The molecule has 126 valence electrons. The molecule has 0 bridgehead atoms. The van der Waals surface area contributed by atoms with Gasteiger partial charge in [-0.3, -0.25) is 5.32 Å². The topological polar surface area (TPSA) is 66.7 Å². The van der Waals surface area contributed by atoms with Crippen LogP contribution in [-0.2, 0) is 0 Å². The molecule has 6 nitrogen and oxygen atoms in total. The number of hydrogen-bond acceptors (Lipinski definition) is 6. The second-order valence-electron chi connectivity index (χ2n) is 6.07. The lowest BCUT2D eigenvalue weighted by atomic mass is 10.1. The van der Waals surface area contributed by atoms with Gasteiger partial charge in [-0.25, -0.2) is 14.3 Å². The van der Waals surface area contributed by atoms with E-state index in [2.05, 4.69) is 27.6 Å². The molecule has 1 aromatic carbocycles. The predicted octanol–water partition coefficient (Wildman–Crippen LogP) is 2.07. The van der Waals surface area contributed by atoms with Crippen molar-refractivity contribution in [3.8, 4) is 6.19 Å². The fraction of sp³-hybridized carbons (Fsp3) is 0.412. The number of nitriles is 1. The molecule has 24 heavy (non-hydrogen) atoms. The fourth-order valence-corrected chi connectivity index (χ4v) is 2.90. The summed E-state index contributed by atoms with van der Waals surface area (Å²) in [7, 11) is 2.08. The standard InChI is InChI=1S/C17H21FN6/c1-23-9-7-14(8-10-23)21-16-15(18)11-20-17(24(16)12-19)22-13-5-3-2-4-6-13/h2-6,11,14,16,21H,7-10H2,1H3,(H,20,22). The summed E-state index contributed by atoms with van der Waals surface area (Å²) >= 11 is 0. The largest absolute Gasteiger partial charge is 0.325 e. The van der Waals surface area contributed by atoms with Crippen molar-refractivity contribution in [2.24, 2.45) is 4.99 Å². The van der Waals surface area contributed by atoms with E-state index in [1.165, 1.54) is 11.1 Å². The Hall–Kier alpha value is -2.43. The van der Waals surface area contributed by atoms with Crippen LogP contribution < -0.4 is 10.6 Å². The van der Waals surface area contributed by atoms with Crippen molar-refractivity contribution in [3.05, 3.63) is 42.4 Å². The molecule has 0 aliphatic carbocycles. The lowest BCUT2D eigenvalue weighted by molar-refractivity contribution is 0.202. The molecule has 2 aliphatic heterocycles. The fourth-order valence-electron chi connectivity index (χ4n) is 2.90. The third-order valence-electron chi connectivity index (χ3n) is 4.31. The maximum absolute atomic E-state index is 14.3. The van der Waals surface area contributed by atoms with Gasteiger partial charge in [0.15, 0.2) is 18.2 Å². The Kier molecular flexibility index (Phi) is 5.08. The third kappa shape index (κ3) is 3.72. The van der Waals surface area contributed by atoms with Crippen molar-refractivity contribution in [2.45, 2.75) is 25.0 Å². The lowest BCUT2D eigenvalue weighted by Crippen LogP contribution is -2.55. The first-order valence-corrected chi connectivity index (χ1v) is 8.06. The number of likely N-dealkylation sites (tertiary alicyclic amines) is 1. The number of nitrogens with one attached hydrogen (secondary N) is 2. The van der Waals surface area contributed by atoms with Gasteiger partial charge in [0, 0.05) is 11.7 Å². The zero-order valence-electron chi connectivity index (χ0n) is 13.6. The smallest absolute Gasteiger partial charge is 0.218 e. The van der Waals surface area contributed by atoms with Gasteiger partial charge in [0.25, 0.3) is 0 Å². The van der Waals surface area contributed by atoms with Crippen LogP contribution in [-0.4, -0.2) is 48.1 Å². The van der Waals surface area contributed by atoms with Gasteiger partial charge in [0.2, 0.25) is 5.96 Å². The van der Waals surface area contributed by atoms with E-state index in [-0.39, 0.29) is 6.04 Å². The van der Waals surface area contributed by atoms with Crippen molar-refractivity contribution in [3.63, 3.8) is 0 Å². The Morgan fingerprint density at radius 1 is 1.25 bits per heavy atom. The first kappa shape index (κ1) is 16.4. The van der Waals surface area contributed by atoms with Crippen molar-refractivity contribution in [1.82, 2.24) is 15.1 Å². The van der Waals surface area contributed by atoms with E-state index in [1.807, 2.05) is 36.5 Å². The Labute approximate surface area is 141 Å². The molecule has 2 N–H and O–H groups in total. The molecule has 1 unspecified atom stereocenters. The highest BCUT2D eigenvalue weighted by Gasteiger charge is 2.32. The molecule has 1 aromatic rings. The zero-order valence-corrected chi connectivity index (χ0v) is 13.6. The number of hydrogen-bond donors (Lipinski definition) is 2. The Balaban J connectivity index is 1.72. The summed E-state index contributed by atoms with van der Waals surface area (Å²) in [6.45, 7) is 1.93. The maximum atomic E-state index is 14.3. The van der Waals surface area contributed by atoms with Crippen LogP contribution in [0.3, 0.4) is 0 Å². The van der Waals surface area contributed by atoms with Crippen LogP contribution >= 0.6 is 0 Å². The average Bonchev–Trinajstić information content (AvgIpc) is 2.61. The summed E-state index contributed by atoms with van der Waals surface area (Å²) < 4.78 is 14.3. The number of guanidine groups is 1. The molecule has 2 aliphatic rings. The molecule has 1 fully saturated rings. The minimum atomic E-state index is -0.813. The van der Waals surface area contributed by atoms with Crippen molar-refractivity contribution in [1.29, 1.82) is 5.26 Å². The summed E-state index contributed by atoms with van der Waals surface area (Å²) in [4.78, 5) is 7.53. The molecule has 0 saturated carbocycles. The molecule has 1 saturated heterocycles. The van der Waals surface area contributed by atoms with Crippen LogP contribution in [0.25, 0.3) is 0 Å². The van der Waals surface area contributed by atoms with E-state index in [1.54, 1.807) is 0 Å². The van der Waals surface area contributed by atoms with Crippen LogP contribution in [0.1, 0.15) is 12.8 Å². The molecular formula is C17H21FN6. The third-order valence-corrected chi connectivity index (χ3v) is 4.31. The summed E-state index contributed by atoms with van der Waals surface area (Å²) in [6.07, 6.45) is 4.26. The van der Waals surface area contributed by atoms with E-state index < -0.39 is 12.0 Å². The molecule has 0 radical (unpaired) electrons. The van der Waals surface area contributed by atoms with Crippen LogP contribution in [0.4, 0.5) is 10.1 Å². The monoisotopic (exact) mass is 328 g/mol. The van der Waals surface area contributed by atoms with Crippen molar-refractivity contribution < 1.29 is 4.39 Å². The highest BCUT2D eigenvalue weighted by Crippen LogP contribution is 2.20. The quantitative estimate of drug-likeness (QED) is 0.832. The van der Waals surface area contributed by atoms with Gasteiger partial charge in [-0.15, -0.1) is 0 Å². The van der Waals surface area contributed by atoms with Gasteiger partial charge in [0.05, 0.1) is 6.20 Å². The number of anilines is 1. The maximum Gasteiger partial charge on any atom is 0.218 e. The van der Waals surface area contributed by atoms with Crippen LogP contribution in [0.2, 0.25) is 0 Å². The van der Waals surface area contributed by atoms with E-state index in [4.69, 9.17) is 0 Å². The summed E-state index contributed by atoms with van der Waals surface area (Å²) in [5.41, 5.74) is 0.797. The van der Waals surface area contributed by atoms with E-state index in [9.17, 15) is 9.65 Å². The first-order valence-electron chi connectivity index (χ1n) is 8.06. The zero-order chi connectivity index (χ0) is 16.9. The molecule has 0 aromatic heterocycles. The number of para-hydroxylation sites is 1. The number of halogens is 1. The highest BCUT2D eigenvalue weighted by molar-refractivity contribution is 5.95. The Morgan fingerprint density at radius 2 is 1.96 bits per heavy atom. The molecule has 7 heteroatoms. The van der Waals surface area contributed by atoms with E-state index >= 15 is 0 Å². The Bertz CT molecular complexity index is 657. The van der Waals surface area contributed by atoms with Crippen LogP contribution in [0.15, 0.2) is 47.4 Å². The average molecular weight is 328 g/mol. The van der Waals surface area contributed by atoms with Gasteiger partial charge < -0.3 is 10.2 Å². The molecule has 3 rings (SSSR count). The van der Waals surface area contributed by atoms with Gasteiger partial charge in [-0.1, -0.05) is 18.2 Å². The molecule has 0 amide bonds. The van der Waals surface area contributed by atoms with Gasteiger partial charge in [-0.2, -0.15) is 5.26 Å². The molecule has 0 spiro atoms. The van der Waals surface area contributed by atoms with Crippen LogP contribution in [0.5, 0.6) is 0 Å².